The maximum Gasteiger partial charge on any atom is 0.230 e. The highest BCUT2D eigenvalue weighted by Crippen LogP contribution is 2.27. The van der Waals surface area contributed by atoms with Crippen LogP contribution in [0.5, 0.6) is 0 Å². The van der Waals surface area contributed by atoms with Gasteiger partial charge in [-0.2, -0.15) is 0 Å². The number of piperidine rings is 1. The van der Waals surface area contributed by atoms with Gasteiger partial charge in [0.15, 0.2) is 0 Å². The zero-order valence-corrected chi connectivity index (χ0v) is 15.2. The molecule has 4 nitrogen and oxygen atoms in total. The van der Waals surface area contributed by atoms with Gasteiger partial charge in [-0.05, 0) is 55.5 Å². The number of furan rings is 1. The summed E-state index contributed by atoms with van der Waals surface area (Å²) in [5.41, 5.74) is 0.819. The van der Waals surface area contributed by atoms with Gasteiger partial charge in [-0.1, -0.05) is 12.1 Å². The summed E-state index contributed by atoms with van der Waals surface area (Å²) in [4.78, 5) is 15.2. The fourth-order valence-electron chi connectivity index (χ4n) is 3.58. The third-order valence-electron chi connectivity index (χ3n) is 4.94. The maximum absolute atomic E-state index is 13.3. The number of carbonyl (C=O) groups is 1. The Morgan fingerprint density at radius 2 is 2.15 bits per heavy atom. The first-order valence-corrected chi connectivity index (χ1v) is 9.31. The number of carbonyl (C=O) groups excluding carboxylic acids is 1. The lowest BCUT2D eigenvalue weighted by Gasteiger charge is -2.35. The SMILES string of the molecule is CCOCC1CCCN(C(=O)C(Cc2ccco2)c2ccc(F)cc2)C1. The normalized spacial score (nSPS) is 18.7. The quantitative estimate of drug-likeness (QED) is 0.750. The number of amides is 1. The van der Waals surface area contributed by atoms with Crippen molar-refractivity contribution < 1.29 is 18.3 Å². The summed E-state index contributed by atoms with van der Waals surface area (Å²) in [5.74, 6) is 0.551. The van der Waals surface area contributed by atoms with Crippen LogP contribution < -0.4 is 0 Å². The molecule has 1 amide bonds. The highest BCUT2D eigenvalue weighted by Gasteiger charge is 2.30. The first-order chi connectivity index (χ1) is 12.7. The van der Waals surface area contributed by atoms with Crippen LogP contribution in [0.4, 0.5) is 4.39 Å². The number of hydrogen-bond donors (Lipinski definition) is 0. The Balaban J connectivity index is 1.76. The molecule has 0 aliphatic carbocycles. The molecule has 2 heterocycles. The van der Waals surface area contributed by atoms with E-state index in [2.05, 4.69) is 0 Å². The van der Waals surface area contributed by atoms with E-state index in [1.165, 1.54) is 12.1 Å². The third kappa shape index (κ3) is 4.73. The van der Waals surface area contributed by atoms with Crippen LogP contribution in [0, 0.1) is 11.7 Å². The summed E-state index contributed by atoms with van der Waals surface area (Å²) >= 11 is 0. The molecule has 1 aromatic carbocycles. The van der Waals surface area contributed by atoms with Crippen LogP contribution in [0.25, 0.3) is 0 Å². The first-order valence-electron chi connectivity index (χ1n) is 9.31. The molecular weight excluding hydrogens is 333 g/mol. The maximum atomic E-state index is 13.3. The van der Waals surface area contributed by atoms with Crippen molar-refractivity contribution in [3.8, 4) is 0 Å². The van der Waals surface area contributed by atoms with E-state index in [1.807, 2.05) is 24.0 Å². The molecule has 26 heavy (non-hydrogen) atoms. The van der Waals surface area contributed by atoms with E-state index in [0.29, 0.717) is 32.1 Å². The predicted molar refractivity (Wildman–Crippen MR) is 97.4 cm³/mol. The molecule has 1 fully saturated rings. The van der Waals surface area contributed by atoms with E-state index in [4.69, 9.17) is 9.15 Å². The van der Waals surface area contributed by atoms with Crippen LogP contribution in [0.15, 0.2) is 47.1 Å². The van der Waals surface area contributed by atoms with Gasteiger partial charge < -0.3 is 14.1 Å². The van der Waals surface area contributed by atoms with Crippen LogP contribution in [-0.4, -0.2) is 37.1 Å². The molecule has 2 atom stereocenters. The molecule has 1 aliphatic heterocycles. The molecule has 1 saturated heterocycles. The second kappa shape index (κ2) is 8.99. The van der Waals surface area contributed by atoms with Crippen LogP contribution in [-0.2, 0) is 16.0 Å². The molecule has 0 spiro atoms. The standard InChI is InChI=1S/C21H26FNO3/c1-2-25-15-16-5-3-11-23(14-16)21(24)20(13-19-6-4-12-26-19)17-7-9-18(22)10-8-17/h4,6-10,12,16,20H,2-3,5,11,13-15H2,1H3. The molecular formula is C21H26FNO3. The monoisotopic (exact) mass is 359 g/mol. The molecule has 0 radical (unpaired) electrons. The minimum atomic E-state index is -0.368. The Morgan fingerprint density at radius 1 is 1.35 bits per heavy atom. The third-order valence-corrected chi connectivity index (χ3v) is 4.94. The van der Waals surface area contributed by atoms with Gasteiger partial charge in [0.25, 0.3) is 0 Å². The number of halogens is 1. The molecule has 1 aromatic heterocycles. The highest BCUT2D eigenvalue weighted by atomic mass is 19.1. The zero-order chi connectivity index (χ0) is 18.4. The zero-order valence-electron chi connectivity index (χ0n) is 15.2. The Morgan fingerprint density at radius 3 is 2.85 bits per heavy atom. The Hall–Kier alpha value is -2.14. The minimum Gasteiger partial charge on any atom is -0.469 e. The van der Waals surface area contributed by atoms with Crippen LogP contribution in [0.1, 0.15) is 37.0 Å². The summed E-state index contributed by atoms with van der Waals surface area (Å²) in [5, 5.41) is 0. The van der Waals surface area contributed by atoms with Crippen LogP contribution >= 0.6 is 0 Å². The molecule has 5 heteroatoms. The molecule has 3 rings (SSSR count). The average molecular weight is 359 g/mol. The summed E-state index contributed by atoms with van der Waals surface area (Å²) in [7, 11) is 0. The van der Waals surface area contributed by atoms with Crippen molar-refractivity contribution in [1.29, 1.82) is 0 Å². The summed E-state index contributed by atoms with van der Waals surface area (Å²) in [6.07, 6.45) is 4.16. The molecule has 140 valence electrons. The van der Waals surface area contributed by atoms with Crippen molar-refractivity contribution in [2.45, 2.75) is 32.1 Å². The van der Waals surface area contributed by atoms with E-state index in [1.54, 1.807) is 18.4 Å². The molecule has 0 saturated carbocycles. The van der Waals surface area contributed by atoms with Crippen LogP contribution in [0.2, 0.25) is 0 Å². The Kier molecular flexibility index (Phi) is 6.45. The molecule has 2 unspecified atom stereocenters. The lowest BCUT2D eigenvalue weighted by atomic mass is 9.91. The Bertz CT molecular complexity index is 684. The van der Waals surface area contributed by atoms with Crippen molar-refractivity contribution in [1.82, 2.24) is 4.90 Å². The van der Waals surface area contributed by atoms with Gasteiger partial charge in [0.05, 0.1) is 18.8 Å². The van der Waals surface area contributed by atoms with E-state index in [0.717, 1.165) is 30.7 Å². The lowest BCUT2D eigenvalue weighted by molar-refractivity contribution is -0.135. The van der Waals surface area contributed by atoms with Gasteiger partial charge in [0.2, 0.25) is 5.91 Å². The van der Waals surface area contributed by atoms with Gasteiger partial charge in [-0.15, -0.1) is 0 Å². The first kappa shape index (κ1) is 18.6. The van der Waals surface area contributed by atoms with Crippen molar-refractivity contribution in [3.05, 3.63) is 59.8 Å². The van der Waals surface area contributed by atoms with E-state index < -0.39 is 0 Å². The number of nitrogens with zero attached hydrogens (tertiary/aromatic N) is 1. The van der Waals surface area contributed by atoms with Gasteiger partial charge in [0.1, 0.15) is 11.6 Å². The average Bonchev–Trinajstić information content (AvgIpc) is 3.18. The lowest BCUT2D eigenvalue weighted by Crippen LogP contribution is -2.43. The second-order valence-corrected chi connectivity index (χ2v) is 6.84. The molecule has 1 aliphatic rings. The van der Waals surface area contributed by atoms with Crippen molar-refractivity contribution in [2.24, 2.45) is 5.92 Å². The van der Waals surface area contributed by atoms with Gasteiger partial charge in [0, 0.05) is 26.1 Å². The summed E-state index contributed by atoms with van der Waals surface area (Å²) in [6, 6.07) is 9.90. The molecule has 0 N–H and O–H groups in total. The fraction of sp³-hybridized carbons (Fsp3) is 0.476. The molecule has 2 aromatic rings. The minimum absolute atomic E-state index is 0.0780. The number of likely N-dealkylation sites (tertiary alicyclic amines) is 1. The van der Waals surface area contributed by atoms with E-state index in [9.17, 15) is 9.18 Å². The number of hydrogen-bond acceptors (Lipinski definition) is 3. The van der Waals surface area contributed by atoms with Crippen molar-refractivity contribution in [2.75, 3.05) is 26.3 Å². The summed E-state index contributed by atoms with van der Waals surface area (Å²) < 4.78 is 24.3. The largest absolute Gasteiger partial charge is 0.469 e. The van der Waals surface area contributed by atoms with Gasteiger partial charge >= 0.3 is 0 Å². The van der Waals surface area contributed by atoms with Gasteiger partial charge in [-0.3, -0.25) is 4.79 Å². The Labute approximate surface area is 153 Å². The smallest absolute Gasteiger partial charge is 0.230 e. The van der Waals surface area contributed by atoms with Crippen molar-refractivity contribution in [3.63, 3.8) is 0 Å². The van der Waals surface area contributed by atoms with Crippen LogP contribution in [0.3, 0.4) is 0 Å². The topological polar surface area (TPSA) is 42.7 Å². The highest BCUT2D eigenvalue weighted by molar-refractivity contribution is 5.84. The fourth-order valence-corrected chi connectivity index (χ4v) is 3.58. The number of benzene rings is 1. The van der Waals surface area contributed by atoms with E-state index >= 15 is 0 Å². The number of ether oxygens (including phenoxy) is 1. The van der Waals surface area contributed by atoms with E-state index in [-0.39, 0.29) is 17.6 Å². The number of rotatable bonds is 7. The van der Waals surface area contributed by atoms with Gasteiger partial charge in [-0.25, -0.2) is 4.39 Å². The van der Waals surface area contributed by atoms with Crippen molar-refractivity contribution >= 4 is 5.91 Å². The molecule has 0 bridgehead atoms. The summed E-state index contributed by atoms with van der Waals surface area (Å²) in [6.45, 7) is 4.85. The predicted octanol–water partition coefficient (Wildman–Crippen LogP) is 4.02. The second-order valence-electron chi connectivity index (χ2n) is 6.84.